The lowest BCUT2D eigenvalue weighted by Crippen LogP contribution is -2.50. The summed E-state index contributed by atoms with van der Waals surface area (Å²) in [6, 6.07) is 26.5. The van der Waals surface area contributed by atoms with Crippen LogP contribution in [0.15, 0.2) is 78.9 Å². The van der Waals surface area contributed by atoms with Crippen LogP contribution >= 0.6 is 0 Å². The summed E-state index contributed by atoms with van der Waals surface area (Å²) < 4.78 is 5.74. The van der Waals surface area contributed by atoms with Gasteiger partial charge in [0.15, 0.2) is 0 Å². The average Bonchev–Trinajstić information content (AvgIpc) is 3.15. The molecule has 3 aromatic carbocycles. The number of nitrogens with one attached hydrogen (secondary N) is 1. The normalized spacial score (nSPS) is 15.8. The maximum Gasteiger partial charge on any atom is 0.429 e. The number of anilines is 1. The molecular formula is C40H53N5O4. The van der Waals surface area contributed by atoms with Gasteiger partial charge in [0.25, 0.3) is 0 Å². The van der Waals surface area contributed by atoms with E-state index in [0.29, 0.717) is 18.7 Å². The molecule has 2 aliphatic rings. The van der Waals surface area contributed by atoms with Crippen LogP contribution in [0.3, 0.4) is 0 Å². The minimum Gasteiger partial charge on any atom is -0.446 e. The monoisotopic (exact) mass is 667 g/mol. The van der Waals surface area contributed by atoms with Crippen LogP contribution in [0.1, 0.15) is 63.5 Å². The van der Waals surface area contributed by atoms with Crippen molar-refractivity contribution in [2.24, 2.45) is 5.92 Å². The lowest BCUT2D eigenvalue weighted by atomic mass is 9.94. The van der Waals surface area contributed by atoms with Gasteiger partial charge in [-0.15, -0.1) is 0 Å². The highest BCUT2D eigenvalue weighted by Crippen LogP contribution is 2.33. The van der Waals surface area contributed by atoms with E-state index in [1.165, 1.54) is 5.56 Å². The summed E-state index contributed by atoms with van der Waals surface area (Å²) in [5.41, 5.74) is 5.16. The SMILES string of the molecule is CCN(CC)C(=O)C1CCN(Cc2ccc(CCC(=O)NCCOC(=O)N(c3ccccc3-c3ccccc3)N3CCCCC3)cc2)CC1. The Morgan fingerprint density at radius 2 is 1.45 bits per heavy atom. The lowest BCUT2D eigenvalue weighted by Gasteiger charge is -2.37. The van der Waals surface area contributed by atoms with Crippen LogP contribution < -0.4 is 10.3 Å². The number of carbonyl (C=O) groups is 3. The molecule has 2 heterocycles. The number of para-hydroxylation sites is 1. The molecule has 2 saturated heterocycles. The highest BCUT2D eigenvalue weighted by molar-refractivity contribution is 5.93. The molecule has 49 heavy (non-hydrogen) atoms. The Hall–Kier alpha value is -4.21. The van der Waals surface area contributed by atoms with Gasteiger partial charge in [0.05, 0.1) is 12.2 Å². The highest BCUT2D eigenvalue weighted by atomic mass is 16.6. The number of carbonyl (C=O) groups excluding carboxylic acids is 3. The largest absolute Gasteiger partial charge is 0.446 e. The Balaban J connectivity index is 1.05. The first-order valence-corrected chi connectivity index (χ1v) is 18.2. The van der Waals surface area contributed by atoms with Gasteiger partial charge in [-0.3, -0.25) is 14.5 Å². The first-order valence-electron chi connectivity index (χ1n) is 18.2. The summed E-state index contributed by atoms with van der Waals surface area (Å²) in [7, 11) is 0. The molecule has 262 valence electrons. The van der Waals surface area contributed by atoms with Gasteiger partial charge in [0, 0.05) is 50.6 Å². The molecule has 3 aromatic rings. The topological polar surface area (TPSA) is 85.4 Å². The van der Waals surface area contributed by atoms with Crippen molar-refractivity contribution in [2.45, 2.75) is 65.3 Å². The van der Waals surface area contributed by atoms with Crippen molar-refractivity contribution in [3.05, 3.63) is 90.0 Å². The van der Waals surface area contributed by atoms with Crippen molar-refractivity contribution < 1.29 is 19.1 Å². The molecule has 0 saturated carbocycles. The zero-order valence-corrected chi connectivity index (χ0v) is 29.3. The van der Waals surface area contributed by atoms with Gasteiger partial charge in [-0.2, -0.15) is 0 Å². The van der Waals surface area contributed by atoms with Crippen LogP contribution in [0.4, 0.5) is 10.5 Å². The number of amides is 3. The number of aryl methyl sites for hydroxylation is 1. The summed E-state index contributed by atoms with van der Waals surface area (Å²) in [4.78, 5) is 43.3. The molecule has 0 unspecified atom stereocenters. The van der Waals surface area contributed by atoms with E-state index in [4.69, 9.17) is 4.74 Å². The van der Waals surface area contributed by atoms with Crippen molar-refractivity contribution in [1.82, 2.24) is 20.1 Å². The summed E-state index contributed by atoms with van der Waals surface area (Å²) in [6.45, 7) is 10.3. The van der Waals surface area contributed by atoms with E-state index < -0.39 is 6.09 Å². The Morgan fingerprint density at radius 1 is 0.796 bits per heavy atom. The van der Waals surface area contributed by atoms with Crippen LogP contribution in [0.25, 0.3) is 11.1 Å². The fraction of sp³-hybridized carbons (Fsp3) is 0.475. The van der Waals surface area contributed by atoms with Gasteiger partial charge < -0.3 is 15.0 Å². The summed E-state index contributed by atoms with van der Waals surface area (Å²) in [5.74, 6) is 0.386. The molecule has 9 nitrogen and oxygen atoms in total. The molecule has 0 atom stereocenters. The number of benzene rings is 3. The molecule has 0 aliphatic carbocycles. The Kier molecular flexibility index (Phi) is 13.6. The van der Waals surface area contributed by atoms with E-state index in [9.17, 15) is 14.4 Å². The van der Waals surface area contributed by atoms with Gasteiger partial charge >= 0.3 is 6.09 Å². The molecule has 0 aromatic heterocycles. The van der Waals surface area contributed by atoms with Crippen LogP contribution in [0.5, 0.6) is 0 Å². The van der Waals surface area contributed by atoms with Gasteiger partial charge in [0.2, 0.25) is 11.8 Å². The van der Waals surface area contributed by atoms with E-state index >= 15 is 0 Å². The number of piperidine rings is 2. The van der Waals surface area contributed by atoms with E-state index in [-0.39, 0.29) is 25.0 Å². The summed E-state index contributed by atoms with van der Waals surface area (Å²) in [6.07, 6.45) is 5.61. The molecule has 1 N–H and O–H groups in total. The standard InChI is InChI=1S/C40H53N5O4/c1-3-43(4-2)39(47)35-23-28-42(29-24-35)31-33-19-17-32(18-20-33)21-22-38(46)41-25-30-49-40(48)45(44-26-11-6-12-27-44)37-16-10-9-15-36(37)34-13-7-5-8-14-34/h5,7-10,13-20,35H,3-4,6,11-12,21-31H2,1-2H3,(H,41,46). The second-order valence-electron chi connectivity index (χ2n) is 13.1. The van der Waals surface area contributed by atoms with Crippen LogP contribution in [-0.4, -0.2) is 85.1 Å². The molecule has 0 bridgehead atoms. The highest BCUT2D eigenvalue weighted by Gasteiger charge is 2.29. The van der Waals surface area contributed by atoms with Crippen molar-refractivity contribution >= 4 is 23.6 Å². The van der Waals surface area contributed by atoms with E-state index in [2.05, 4.69) is 39.5 Å². The van der Waals surface area contributed by atoms with E-state index in [0.717, 1.165) is 100 Å². The van der Waals surface area contributed by atoms with Crippen molar-refractivity contribution in [2.75, 3.05) is 57.4 Å². The van der Waals surface area contributed by atoms with Crippen molar-refractivity contribution in [3.63, 3.8) is 0 Å². The third-order valence-corrected chi connectivity index (χ3v) is 9.74. The van der Waals surface area contributed by atoms with Crippen LogP contribution in [0.2, 0.25) is 0 Å². The molecule has 2 fully saturated rings. The van der Waals surface area contributed by atoms with Crippen LogP contribution in [-0.2, 0) is 27.3 Å². The van der Waals surface area contributed by atoms with E-state index in [1.807, 2.05) is 73.3 Å². The molecule has 0 radical (unpaired) electrons. The first kappa shape index (κ1) is 36.1. The van der Waals surface area contributed by atoms with Gasteiger partial charge in [-0.05, 0) is 81.8 Å². The Morgan fingerprint density at radius 3 is 2.14 bits per heavy atom. The smallest absolute Gasteiger partial charge is 0.429 e. The molecule has 5 rings (SSSR count). The molecule has 2 aliphatic heterocycles. The predicted octanol–water partition coefficient (Wildman–Crippen LogP) is 6.53. The second-order valence-corrected chi connectivity index (χ2v) is 13.1. The fourth-order valence-electron chi connectivity index (χ4n) is 6.90. The maximum atomic E-state index is 13.6. The van der Waals surface area contributed by atoms with Crippen molar-refractivity contribution in [3.8, 4) is 11.1 Å². The molecular weight excluding hydrogens is 614 g/mol. The lowest BCUT2D eigenvalue weighted by molar-refractivity contribution is -0.136. The Labute approximate surface area is 292 Å². The van der Waals surface area contributed by atoms with E-state index in [1.54, 1.807) is 5.01 Å². The fourth-order valence-corrected chi connectivity index (χ4v) is 6.90. The number of rotatable bonds is 14. The zero-order valence-electron chi connectivity index (χ0n) is 29.3. The number of ether oxygens (including phenoxy) is 1. The number of hydrogen-bond donors (Lipinski definition) is 1. The predicted molar refractivity (Wildman–Crippen MR) is 195 cm³/mol. The number of hydrazine groups is 1. The van der Waals surface area contributed by atoms with Gasteiger partial charge in [0.1, 0.15) is 6.61 Å². The quantitative estimate of drug-likeness (QED) is 0.197. The molecule has 9 heteroatoms. The maximum absolute atomic E-state index is 13.6. The number of hydrogen-bond acceptors (Lipinski definition) is 6. The van der Waals surface area contributed by atoms with Gasteiger partial charge in [-0.1, -0.05) is 79.2 Å². The summed E-state index contributed by atoms with van der Waals surface area (Å²) in [5, 5.41) is 6.68. The minimum absolute atomic E-state index is 0.0652. The first-order chi connectivity index (χ1) is 24.0. The van der Waals surface area contributed by atoms with Crippen LogP contribution in [0, 0.1) is 5.92 Å². The van der Waals surface area contributed by atoms with Crippen molar-refractivity contribution in [1.29, 1.82) is 0 Å². The second kappa shape index (κ2) is 18.5. The number of likely N-dealkylation sites (tertiary alicyclic amines) is 1. The molecule has 3 amide bonds. The Bertz CT molecular complexity index is 1480. The average molecular weight is 668 g/mol. The third-order valence-electron chi connectivity index (χ3n) is 9.74. The summed E-state index contributed by atoms with van der Waals surface area (Å²) >= 11 is 0. The number of nitrogens with zero attached hydrogens (tertiary/aromatic N) is 4. The zero-order chi connectivity index (χ0) is 34.4. The van der Waals surface area contributed by atoms with Gasteiger partial charge in [-0.25, -0.2) is 14.8 Å². The molecule has 0 spiro atoms. The third kappa shape index (κ3) is 10.2. The minimum atomic E-state index is -0.433.